The summed E-state index contributed by atoms with van der Waals surface area (Å²) >= 11 is 0. The number of carboxylic acid groups (broad SMARTS) is 1. The van der Waals surface area contributed by atoms with Crippen LogP contribution in [0.25, 0.3) is 11.0 Å². The molecule has 1 aliphatic heterocycles. The summed E-state index contributed by atoms with van der Waals surface area (Å²) in [6.07, 6.45) is 4.16. The number of benzene rings is 1. The third-order valence-electron chi connectivity index (χ3n) is 4.81. The Balaban J connectivity index is 0.000000194. The number of carbonyl (C=O) groups excluding carboxylic acids is 1. The van der Waals surface area contributed by atoms with Crippen LogP contribution < -0.4 is 11.5 Å². The average molecular weight is 446 g/mol. The molecule has 2 aromatic heterocycles. The number of H-pyrrole nitrogens is 1. The standard InChI is InChI=1S/C12H17N3O3S.C7H5N3O2/c13-10-5-7-15(8-6-10)19(17,18)11-3-1-9(2-4-11)12(14)16;11-7(12)5-1-4-3-9-10-6(4)8-2-5/h1-4,10H,5-8,13H2,(H2,14,16);1-3H,(H,11,12)(H,8,9,10). The molecular formula is C19H22N6O5S. The molecule has 31 heavy (non-hydrogen) atoms. The van der Waals surface area contributed by atoms with Crippen molar-refractivity contribution in [2.24, 2.45) is 11.5 Å². The van der Waals surface area contributed by atoms with Gasteiger partial charge in [0.05, 0.1) is 16.7 Å². The number of fused-ring (bicyclic) bond motifs is 1. The van der Waals surface area contributed by atoms with Crippen LogP contribution >= 0.6 is 0 Å². The van der Waals surface area contributed by atoms with Crippen LogP contribution in [0.15, 0.2) is 47.6 Å². The smallest absolute Gasteiger partial charge is 0.337 e. The second-order valence-corrected chi connectivity index (χ2v) is 8.91. The molecule has 1 amide bonds. The minimum atomic E-state index is -3.50. The molecular weight excluding hydrogens is 424 g/mol. The number of piperidine rings is 1. The van der Waals surface area contributed by atoms with E-state index in [-0.39, 0.29) is 16.5 Å². The highest BCUT2D eigenvalue weighted by Gasteiger charge is 2.28. The number of carbonyl (C=O) groups is 2. The van der Waals surface area contributed by atoms with Crippen molar-refractivity contribution in [2.75, 3.05) is 13.1 Å². The Labute approximate surface area is 178 Å². The van der Waals surface area contributed by atoms with Gasteiger partial charge in [0.15, 0.2) is 5.65 Å². The van der Waals surface area contributed by atoms with Gasteiger partial charge in [0.2, 0.25) is 15.9 Å². The van der Waals surface area contributed by atoms with Crippen LogP contribution in [0.4, 0.5) is 0 Å². The number of aromatic nitrogens is 3. The Morgan fingerprint density at radius 1 is 1.10 bits per heavy atom. The molecule has 0 bridgehead atoms. The maximum absolute atomic E-state index is 12.3. The number of rotatable bonds is 4. The van der Waals surface area contributed by atoms with Gasteiger partial charge in [-0.2, -0.15) is 9.40 Å². The van der Waals surface area contributed by atoms with Crippen LogP contribution in [-0.4, -0.2) is 64.0 Å². The van der Waals surface area contributed by atoms with Gasteiger partial charge in [-0.05, 0) is 43.2 Å². The number of aromatic carboxylic acids is 1. The van der Waals surface area contributed by atoms with Crippen molar-refractivity contribution in [3.63, 3.8) is 0 Å². The number of amides is 1. The monoisotopic (exact) mass is 446 g/mol. The molecule has 12 heteroatoms. The summed E-state index contributed by atoms with van der Waals surface area (Å²) in [7, 11) is -3.50. The van der Waals surface area contributed by atoms with Crippen LogP contribution in [0, 0.1) is 0 Å². The zero-order valence-electron chi connectivity index (χ0n) is 16.4. The van der Waals surface area contributed by atoms with Gasteiger partial charge in [-0.25, -0.2) is 18.2 Å². The van der Waals surface area contributed by atoms with Gasteiger partial charge < -0.3 is 16.6 Å². The lowest BCUT2D eigenvalue weighted by Crippen LogP contribution is -2.42. The molecule has 0 radical (unpaired) electrons. The summed E-state index contributed by atoms with van der Waals surface area (Å²) in [5.41, 5.74) is 11.9. The Kier molecular flexibility index (Phi) is 6.63. The van der Waals surface area contributed by atoms with Gasteiger partial charge in [0.25, 0.3) is 0 Å². The summed E-state index contributed by atoms with van der Waals surface area (Å²) in [4.78, 5) is 25.5. The number of hydrogen-bond acceptors (Lipinski definition) is 7. The van der Waals surface area contributed by atoms with E-state index in [0.29, 0.717) is 42.5 Å². The normalized spacial score (nSPS) is 15.3. The largest absolute Gasteiger partial charge is 0.478 e. The first-order valence-corrected chi connectivity index (χ1v) is 10.8. The number of hydrogen-bond donors (Lipinski definition) is 4. The quantitative estimate of drug-likeness (QED) is 0.447. The van der Waals surface area contributed by atoms with Crippen molar-refractivity contribution in [1.82, 2.24) is 19.5 Å². The van der Waals surface area contributed by atoms with Crippen LogP contribution in [0.1, 0.15) is 33.6 Å². The zero-order valence-corrected chi connectivity index (χ0v) is 17.2. The highest BCUT2D eigenvalue weighted by molar-refractivity contribution is 7.89. The molecule has 3 aromatic rings. The van der Waals surface area contributed by atoms with Gasteiger partial charge in [0.1, 0.15) is 0 Å². The predicted molar refractivity (Wildman–Crippen MR) is 112 cm³/mol. The number of nitrogens with one attached hydrogen (secondary N) is 1. The molecule has 1 aromatic carbocycles. The van der Waals surface area contributed by atoms with Gasteiger partial charge in [-0.3, -0.25) is 9.89 Å². The number of aromatic amines is 1. The Hall–Kier alpha value is -3.35. The molecule has 6 N–H and O–H groups in total. The van der Waals surface area contributed by atoms with Gasteiger partial charge in [-0.15, -0.1) is 0 Å². The molecule has 164 valence electrons. The van der Waals surface area contributed by atoms with Crippen LogP contribution in [0.5, 0.6) is 0 Å². The van der Waals surface area contributed by atoms with Crippen molar-refractivity contribution in [2.45, 2.75) is 23.8 Å². The van der Waals surface area contributed by atoms with Crippen molar-refractivity contribution in [3.05, 3.63) is 53.9 Å². The van der Waals surface area contributed by atoms with Crippen molar-refractivity contribution >= 4 is 32.9 Å². The minimum absolute atomic E-state index is 0.0729. The molecule has 1 fully saturated rings. The average Bonchev–Trinajstić information content (AvgIpc) is 3.22. The van der Waals surface area contributed by atoms with Crippen molar-refractivity contribution in [3.8, 4) is 0 Å². The number of nitrogens with zero attached hydrogens (tertiary/aromatic N) is 3. The van der Waals surface area contributed by atoms with E-state index in [2.05, 4.69) is 15.2 Å². The summed E-state index contributed by atoms with van der Waals surface area (Å²) in [5.74, 6) is -1.56. The predicted octanol–water partition coefficient (Wildman–Crippen LogP) is 0.553. The summed E-state index contributed by atoms with van der Waals surface area (Å²) in [5, 5.41) is 15.7. The van der Waals surface area contributed by atoms with Gasteiger partial charge in [0, 0.05) is 36.3 Å². The third-order valence-corrected chi connectivity index (χ3v) is 6.73. The molecule has 0 atom stereocenters. The van der Waals surface area contributed by atoms with Crippen molar-refractivity contribution in [1.29, 1.82) is 0 Å². The summed E-state index contributed by atoms with van der Waals surface area (Å²) < 4.78 is 26.1. The summed E-state index contributed by atoms with van der Waals surface area (Å²) in [6, 6.07) is 7.25. The van der Waals surface area contributed by atoms with E-state index >= 15 is 0 Å². The number of sulfonamides is 1. The van der Waals surface area contributed by atoms with E-state index in [1.54, 1.807) is 0 Å². The molecule has 4 rings (SSSR count). The molecule has 0 aliphatic carbocycles. The number of carboxylic acids is 1. The third kappa shape index (κ3) is 5.23. The molecule has 3 heterocycles. The van der Waals surface area contributed by atoms with Crippen LogP contribution in [0.2, 0.25) is 0 Å². The summed E-state index contributed by atoms with van der Waals surface area (Å²) in [6.45, 7) is 0.863. The van der Waals surface area contributed by atoms with Gasteiger partial charge >= 0.3 is 5.97 Å². The zero-order chi connectivity index (χ0) is 22.6. The fourth-order valence-corrected chi connectivity index (χ4v) is 4.48. The highest BCUT2D eigenvalue weighted by Crippen LogP contribution is 2.20. The first kappa shape index (κ1) is 22.3. The maximum atomic E-state index is 12.3. The van der Waals surface area contributed by atoms with E-state index in [4.69, 9.17) is 16.6 Å². The van der Waals surface area contributed by atoms with E-state index in [9.17, 15) is 18.0 Å². The lowest BCUT2D eigenvalue weighted by molar-refractivity contribution is 0.0696. The van der Waals surface area contributed by atoms with Gasteiger partial charge in [-0.1, -0.05) is 0 Å². The van der Waals surface area contributed by atoms with E-state index in [1.807, 2.05) is 0 Å². The van der Waals surface area contributed by atoms with E-state index in [0.717, 1.165) is 0 Å². The molecule has 11 nitrogen and oxygen atoms in total. The second kappa shape index (κ2) is 9.20. The number of pyridine rings is 1. The molecule has 0 saturated carbocycles. The van der Waals surface area contributed by atoms with Crippen LogP contribution in [0.3, 0.4) is 0 Å². The fraction of sp³-hybridized carbons (Fsp3) is 0.263. The molecule has 1 saturated heterocycles. The SMILES string of the molecule is NC(=O)c1ccc(S(=O)(=O)N2CCC(N)CC2)cc1.O=C(O)c1cnc2[nH]ncc2c1. The van der Waals surface area contributed by atoms with Crippen molar-refractivity contribution < 1.29 is 23.1 Å². The first-order chi connectivity index (χ1) is 14.7. The molecule has 0 spiro atoms. The molecule has 1 aliphatic rings. The van der Waals surface area contributed by atoms with E-state index < -0.39 is 21.9 Å². The minimum Gasteiger partial charge on any atom is -0.478 e. The Bertz CT molecular complexity index is 1180. The lowest BCUT2D eigenvalue weighted by atomic mass is 10.1. The topological polar surface area (TPSA) is 185 Å². The van der Waals surface area contributed by atoms with E-state index in [1.165, 1.54) is 47.0 Å². The Morgan fingerprint density at radius 2 is 1.74 bits per heavy atom. The Morgan fingerprint density at radius 3 is 2.32 bits per heavy atom. The first-order valence-electron chi connectivity index (χ1n) is 9.36. The maximum Gasteiger partial charge on any atom is 0.337 e. The number of primary amides is 1. The molecule has 0 unspecified atom stereocenters. The number of nitrogens with two attached hydrogens (primary N) is 2. The second-order valence-electron chi connectivity index (χ2n) is 6.97. The highest BCUT2D eigenvalue weighted by atomic mass is 32.2. The fourth-order valence-electron chi connectivity index (χ4n) is 3.01. The lowest BCUT2D eigenvalue weighted by Gasteiger charge is -2.29. The van der Waals surface area contributed by atoms with Crippen LogP contribution in [-0.2, 0) is 10.0 Å².